The lowest BCUT2D eigenvalue weighted by atomic mass is 10.0. The van der Waals surface area contributed by atoms with Crippen LogP contribution in [-0.4, -0.2) is 21.6 Å². The second-order valence-electron chi connectivity index (χ2n) is 4.61. The molecule has 0 saturated carbocycles. The van der Waals surface area contributed by atoms with Crippen LogP contribution in [0.15, 0.2) is 36.5 Å². The fraction of sp³-hybridized carbons (Fsp3) is 0.267. The van der Waals surface area contributed by atoms with Gasteiger partial charge in [0.25, 0.3) is 0 Å². The maximum absolute atomic E-state index is 4.43. The fourth-order valence-corrected chi connectivity index (χ4v) is 3.27. The van der Waals surface area contributed by atoms with Crippen LogP contribution in [0.1, 0.15) is 29.1 Å². The third-order valence-corrected chi connectivity index (χ3v) is 4.27. The molecule has 1 atom stereocenters. The van der Waals surface area contributed by atoms with E-state index in [1.807, 2.05) is 19.3 Å². The Morgan fingerprint density at radius 1 is 1.30 bits per heavy atom. The second kappa shape index (κ2) is 5.64. The van der Waals surface area contributed by atoms with Crippen LogP contribution in [0.3, 0.4) is 0 Å². The van der Waals surface area contributed by atoms with Gasteiger partial charge in [-0.2, -0.15) is 0 Å². The second-order valence-corrected chi connectivity index (χ2v) is 5.40. The first-order chi connectivity index (χ1) is 9.83. The van der Waals surface area contributed by atoms with Crippen LogP contribution >= 0.6 is 11.5 Å². The zero-order valence-electron chi connectivity index (χ0n) is 11.5. The predicted molar refractivity (Wildman–Crippen MR) is 81.9 cm³/mol. The van der Waals surface area contributed by atoms with Gasteiger partial charge in [0.15, 0.2) is 0 Å². The highest BCUT2D eigenvalue weighted by atomic mass is 32.1. The molecule has 0 saturated heterocycles. The highest BCUT2D eigenvalue weighted by Crippen LogP contribution is 2.28. The summed E-state index contributed by atoms with van der Waals surface area (Å²) in [6.45, 7) is 2.11. The summed E-state index contributed by atoms with van der Waals surface area (Å²) in [6, 6.07) is 10.5. The summed E-state index contributed by atoms with van der Waals surface area (Å²) in [6.07, 6.45) is 2.72. The van der Waals surface area contributed by atoms with Crippen molar-refractivity contribution in [2.75, 3.05) is 7.05 Å². The van der Waals surface area contributed by atoms with Gasteiger partial charge in [-0.3, -0.25) is 4.98 Å². The maximum atomic E-state index is 4.43. The average Bonchev–Trinajstić information content (AvgIpc) is 2.96. The highest BCUT2D eigenvalue weighted by Gasteiger charge is 2.19. The number of benzene rings is 1. The van der Waals surface area contributed by atoms with Crippen molar-refractivity contribution in [2.45, 2.75) is 19.4 Å². The number of nitrogens with zero attached hydrogens (tertiary/aromatic N) is 3. The standard InChI is InChI=1S/C15H16N4S/c1-3-12-15(20-19-18-12)14(16-2)11-7-6-10-5-4-8-17-13(10)9-11/h4-9,14,16H,3H2,1-2H3. The molecule has 5 heteroatoms. The molecule has 0 aliphatic rings. The molecule has 0 spiro atoms. The summed E-state index contributed by atoms with van der Waals surface area (Å²) in [5.41, 5.74) is 3.27. The van der Waals surface area contributed by atoms with Crippen molar-refractivity contribution in [1.29, 1.82) is 0 Å². The smallest absolute Gasteiger partial charge is 0.0804 e. The minimum absolute atomic E-state index is 0.122. The van der Waals surface area contributed by atoms with Gasteiger partial charge in [0.2, 0.25) is 0 Å². The molecule has 0 aliphatic carbocycles. The van der Waals surface area contributed by atoms with Gasteiger partial charge in [-0.25, -0.2) is 0 Å². The zero-order valence-corrected chi connectivity index (χ0v) is 12.3. The number of hydrogen-bond donors (Lipinski definition) is 1. The van der Waals surface area contributed by atoms with E-state index in [-0.39, 0.29) is 6.04 Å². The minimum atomic E-state index is 0.122. The molecule has 2 aromatic heterocycles. The zero-order chi connectivity index (χ0) is 13.9. The van der Waals surface area contributed by atoms with Gasteiger partial charge in [-0.1, -0.05) is 29.6 Å². The van der Waals surface area contributed by atoms with E-state index in [0.717, 1.165) is 23.0 Å². The number of aromatic nitrogens is 3. The molecule has 0 fully saturated rings. The molecular formula is C15H16N4S. The molecule has 0 bridgehead atoms. The van der Waals surface area contributed by atoms with Crippen LogP contribution in [-0.2, 0) is 6.42 Å². The van der Waals surface area contributed by atoms with E-state index in [2.05, 4.69) is 51.1 Å². The van der Waals surface area contributed by atoms with E-state index in [9.17, 15) is 0 Å². The molecular weight excluding hydrogens is 268 g/mol. The lowest BCUT2D eigenvalue weighted by Gasteiger charge is -2.16. The summed E-state index contributed by atoms with van der Waals surface area (Å²) < 4.78 is 4.09. The van der Waals surface area contributed by atoms with Crippen molar-refractivity contribution >= 4 is 22.4 Å². The van der Waals surface area contributed by atoms with E-state index >= 15 is 0 Å². The third-order valence-electron chi connectivity index (χ3n) is 3.43. The first-order valence-electron chi connectivity index (χ1n) is 6.66. The molecule has 3 rings (SSSR count). The van der Waals surface area contributed by atoms with Crippen molar-refractivity contribution in [3.63, 3.8) is 0 Å². The SMILES string of the molecule is CCc1nnsc1C(NC)c1ccc2cccnc2c1. The third kappa shape index (κ3) is 2.30. The number of rotatable bonds is 4. The summed E-state index contributed by atoms with van der Waals surface area (Å²) in [5.74, 6) is 0. The van der Waals surface area contributed by atoms with Gasteiger partial charge in [0, 0.05) is 11.6 Å². The molecule has 0 amide bonds. The van der Waals surface area contributed by atoms with Gasteiger partial charge in [-0.15, -0.1) is 5.10 Å². The normalized spacial score (nSPS) is 12.7. The molecule has 20 heavy (non-hydrogen) atoms. The summed E-state index contributed by atoms with van der Waals surface area (Å²) in [7, 11) is 1.96. The molecule has 1 N–H and O–H groups in total. The molecule has 0 aliphatic heterocycles. The molecule has 1 unspecified atom stereocenters. The quantitative estimate of drug-likeness (QED) is 0.800. The number of pyridine rings is 1. The Kier molecular flexibility index (Phi) is 3.71. The Labute approximate surface area is 122 Å². The van der Waals surface area contributed by atoms with Crippen LogP contribution in [0, 0.1) is 0 Å². The van der Waals surface area contributed by atoms with Crippen molar-refractivity contribution in [1.82, 2.24) is 19.9 Å². The highest BCUT2D eigenvalue weighted by molar-refractivity contribution is 7.05. The lowest BCUT2D eigenvalue weighted by Crippen LogP contribution is -2.17. The predicted octanol–water partition coefficient (Wildman–Crippen LogP) is 2.96. The number of fused-ring (bicyclic) bond motifs is 1. The van der Waals surface area contributed by atoms with Gasteiger partial charge in [0.1, 0.15) is 0 Å². The molecule has 4 nitrogen and oxygen atoms in total. The summed E-state index contributed by atoms with van der Waals surface area (Å²) in [4.78, 5) is 5.61. The van der Waals surface area contributed by atoms with Crippen LogP contribution < -0.4 is 5.32 Å². The Hall–Kier alpha value is -1.85. The van der Waals surface area contributed by atoms with E-state index in [1.165, 1.54) is 22.0 Å². The summed E-state index contributed by atoms with van der Waals surface area (Å²) in [5, 5.41) is 8.72. The van der Waals surface area contributed by atoms with E-state index in [0.29, 0.717) is 0 Å². The monoisotopic (exact) mass is 284 g/mol. The number of aryl methyl sites for hydroxylation is 1. The minimum Gasteiger partial charge on any atom is -0.309 e. The fourth-order valence-electron chi connectivity index (χ4n) is 2.39. The molecule has 0 radical (unpaired) electrons. The molecule has 2 heterocycles. The van der Waals surface area contributed by atoms with Gasteiger partial charge >= 0.3 is 0 Å². The first-order valence-corrected chi connectivity index (χ1v) is 7.44. The lowest BCUT2D eigenvalue weighted by molar-refractivity contribution is 0.693. The number of nitrogens with one attached hydrogen (secondary N) is 1. The van der Waals surface area contributed by atoms with Crippen LogP contribution in [0.4, 0.5) is 0 Å². The summed E-state index contributed by atoms with van der Waals surface area (Å²) >= 11 is 1.46. The first kappa shape index (κ1) is 13.1. The van der Waals surface area contributed by atoms with Crippen LogP contribution in [0.5, 0.6) is 0 Å². The Balaban J connectivity index is 2.07. The van der Waals surface area contributed by atoms with E-state index < -0.39 is 0 Å². The van der Waals surface area contributed by atoms with Crippen molar-refractivity contribution in [2.24, 2.45) is 0 Å². The average molecular weight is 284 g/mol. The molecule has 1 aromatic carbocycles. The van der Waals surface area contributed by atoms with E-state index in [4.69, 9.17) is 0 Å². The maximum Gasteiger partial charge on any atom is 0.0804 e. The van der Waals surface area contributed by atoms with E-state index in [1.54, 1.807) is 0 Å². The van der Waals surface area contributed by atoms with Crippen molar-refractivity contribution < 1.29 is 0 Å². The molecule has 3 aromatic rings. The largest absolute Gasteiger partial charge is 0.309 e. The molecule has 102 valence electrons. The Morgan fingerprint density at radius 3 is 3.00 bits per heavy atom. The van der Waals surface area contributed by atoms with Crippen molar-refractivity contribution in [3.8, 4) is 0 Å². The number of hydrogen-bond acceptors (Lipinski definition) is 5. The van der Waals surface area contributed by atoms with Crippen LogP contribution in [0.2, 0.25) is 0 Å². The topological polar surface area (TPSA) is 50.7 Å². The Morgan fingerprint density at radius 2 is 2.20 bits per heavy atom. The van der Waals surface area contributed by atoms with Gasteiger partial charge in [-0.05, 0) is 42.7 Å². The van der Waals surface area contributed by atoms with Crippen molar-refractivity contribution in [3.05, 3.63) is 52.7 Å². The van der Waals surface area contributed by atoms with Gasteiger partial charge < -0.3 is 5.32 Å². The van der Waals surface area contributed by atoms with Crippen LogP contribution in [0.25, 0.3) is 10.9 Å². The Bertz CT molecular complexity index is 722. The van der Waals surface area contributed by atoms with Gasteiger partial charge in [0.05, 0.1) is 22.1 Å².